The molecule has 10 heteroatoms. The van der Waals surface area contributed by atoms with Crippen molar-refractivity contribution < 1.29 is 22.0 Å². The topological polar surface area (TPSA) is 44.3 Å². The van der Waals surface area contributed by atoms with Crippen LogP contribution in [-0.2, 0) is 12.6 Å². The van der Waals surface area contributed by atoms with Gasteiger partial charge in [-0.2, -0.15) is 18.3 Å². The van der Waals surface area contributed by atoms with Gasteiger partial charge in [0.2, 0.25) is 0 Å². The maximum atomic E-state index is 14.8. The SMILES string of the molecule is Cc1c(CCNc2nnc(C)c3ccc(N4CC[C@H](N(C)C)C(F)(F)C4)cc23)cccc1C(F)(F)F. The molecule has 4 rings (SSSR count). The quantitative estimate of drug-likeness (QED) is 0.434. The number of aromatic nitrogens is 2. The fourth-order valence-electron chi connectivity index (χ4n) is 4.97. The Morgan fingerprint density at radius 2 is 1.83 bits per heavy atom. The molecule has 0 unspecified atom stereocenters. The predicted molar refractivity (Wildman–Crippen MR) is 132 cm³/mol. The highest BCUT2D eigenvalue weighted by molar-refractivity contribution is 5.95. The number of fused-ring (bicyclic) bond motifs is 1. The zero-order valence-corrected chi connectivity index (χ0v) is 20.8. The number of nitrogens with one attached hydrogen (secondary N) is 1. The Morgan fingerprint density at radius 1 is 1.08 bits per heavy atom. The van der Waals surface area contributed by atoms with Gasteiger partial charge >= 0.3 is 6.18 Å². The van der Waals surface area contributed by atoms with Gasteiger partial charge in [-0.1, -0.05) is 18.2 Å². The Balaban J connectivity index is 1.56. The van der Waals surface area contributed by atoms with E-state index >= 15 is 0 Å². The second kappa shape index (κ2) is 9.80. The molecule has 0 bridgehead atoms. The summed E-state index contributed by atoms with van der Waals surface area (Å²) in [6, 6.07) is 8.87. The van der Waals surface area contributed by atoms with Crippen LogP contribution < -0.4 is 10.2 Å². The third kappa shape index (κ3) is 5.23. The van der Waals surface area contributed by atoms with E-state index in [9.17, 15) is 22.0 Å². The van der Waals surface area contributed by atoms with Crippen LogP contribution in [0.3, 0.4) is 0 Å². The molecule has 1 N–H and O–H groups in total. The van der Waals surface area contributed by atoms with Crippen LogP contribution in [0, 0.1) is 13.8 Å². The van der Waals surface area contributed by atoms with E-state index in [0.29, 0.717) is 48.7 Å². The van der Waals surface area contributed by atoms with Gasteiger partial charge in [0, 0.05) is 29.5 Å². The molecule has 1 aliphatic heterocycles. The molecule has 0 spiro atoms. The van der Waals surface area contributed by atoms with Crippen LogP contribution in [0.15, 0.2) is 36.4 Å². The van der Waals surface area contributed by atoms with Crippen molar-refractivity contribution >= 4 is 22.3 Å². The highest BCUT2D eigenvalue weighted by atomic mass is 19.4. The first kappa shape index (κ1) is 26.1. The average Bonchev–Trinajstić information content (AvgIpc) is 2.79. The normalized spacial score (nSPS) is 18.2. The average molecular weight is 508 g/mol. The summed E-state index contributed by atoms with van der Waals surface area (Å²) in [5, 5.41) is 13.2. The molecule has 3 aromatic rings. The molecular formula is C26H30F5N5. The molecule has 194 valence electrons. The molecule has 0 amide bonds. The van der Waals surface area contributed by atoms with Gasteiger partial charge in [-0.15, -0.1) is 5.10 Å². The minimum atomic E-state index is -4.40. The molecule has 1 fully saturated rings. The van der Waals surface area contributed by atoms with Crippen molar-refractivity contribution in [2.24, 2.45) is 0 Å². The van der Waals surface area contributed by atoms with Crippen molar-refractivity contribution in [3.63, 3.8) is 0 Å². The molecule has 1 aromatic heterocycles. The molecule has 1 atom stereocenters. The van der Waals surface area contributed by atoms with E-state index < -0.39 is 23.7 Å². The second-order valence-electron chi connectivity index (χ2n) is 9.58. The maximum absolute atomic E-state index is 14.8. The van der Waals surface area contributed by atoms with Gasteiger partial charge in [0.05, 0.1) is 23.8 Å². The summed E-state index contributed by atoms with van der Waals surface area (Å²) in [6.07, 6.45) is -3.70. The zero-order chi connectivity index (χ0) is 26.3. The first-order valence-corrected chi connectivity index (χ1v) is 11.8. The fourth-order valence-corrected chi connectivity index (χ4v) is 4.97. The standard InChI is InChI=1S/C26H30F5N5/c1-16-18(6-5-7-22(16)26(29,30)31)10-12-32-24-21-14-19(8-9-20(21)17(2)33-34-24)36-13-11-23(35(3)4)25(27,28)15-36/h5-9,14,23H,10-13,15H2,1-4H3,(H,32,34)/t23-/m0/s1. The van der Waals surface area contributed by atoms with Gasteiger partial charge in [0.25, 0.3) is 5.92 Å². The summed E-state index contributed by atoms with van der Waals surface area (Å²) in [4.78, 5) is 3.26. The molecule has 5 nitrogen and oxygen atoms in total. The third-order valence-corrected chi connectivity index (χ3v) is 6.94. The Bertz CT molecular complexity index is 1240. The first-order valence-electron chi connectivity index (χ1n) is 11.8. The number of rotatable bonds is 6. The summed E-state index contributed by atoms with van der Waals surface area (Å²) in [5.41, 5.74) is 1.53. The van der Waals surface area contributed by atoms with Gasteiger partial charge in [-0.05, 0) is 70.1 Å². The van der Waals surface area contributed by atoms with E-state index in [4.69, 9.17) is 0 Å². The Hall–Kier alpha value is -3.01. The highest BCUT2D eigenvalue weighted by Gasteiger charge is 2.45. The molecule has 1 aliphatic rings. The van der Waals surface area contributed by atoms with Crippen molar-refractivity contribution in [2.45, 2.75) is 44.8 Å². The molecular weight excluding hydrogens is 477 g/mol. The monoisotopic (exact) mass is 507 g/mol. The lowest BCUT2D eigenvalue weighted by Gasteiger charge is -2.42. The molecule has 1 saturated heterocycles. The molecule has 36 heavy (non-hydrogen) atoms. The van der Waals surface area contributed by atoms with Crippen LogP contribution >= 0.6 is 0 Å². The van der Waals surface area contributed by atoms with Crippen molar-refractivity contribution in [3.8, 4) is 0 Å². The largest absolute Gasteiger partial charge is 0.416 e. The number of alkyl halides is 5. The number of hydrogen-bond donors (Lipinski definition) is 1. The van der Waals surface area contributed by atoms with E-state index in [1.807, 2.05) is 25.1 Å². The van der Waals surface area contributed by atoms with Crippen molar-refractivity contribution in [2.75, 3.05) is 43.9 Å². The van der Waals surface area contributed by atoms with Crippen LogP contribution in [0.2, 0.25) is 0 Å². The summed E-state index contributed by atoms with van der Waals surface area (Å²) in [7, 11) is 3.34. The van der Waals surface area contributed by atoms with E-state index in [0.717, 1.165) is 16.8 Å². The van der Waals surface area contributed by atoms with Crippen LogP contribution in [0.4, 0.5) is 33.5 Å². The van der Waals surface area contributed by atoms with Crippen LogP contribution in [0.25, 0.3) is 10.8 Å². The minimum absolute atomic E-state index is 0.205. The lowest BCUT2D eigenvalue weighted by molar-refractivity contribution is -0.138. The summed E-state index contributed by atoms with van der Waals surface area (Å²) < 4.78 is 69.3. The Kier molecular flexibility index (Phi) is 7.10. The van der Waals surface area contributed by atoms with E-state index in [1.165, 1.54) is 13.0 Å². The number of halogens is 5. The second-order valence-corrected chi connectivity index (χ2v) is 9.58. The van der Waals surface area contributed by atoms with Crippen LogP contribution in [0.1, 0.15) is 28.8 Å². The van der Waals surface area contributed by atoms with E-state index in [2.05, 4.69) is 15.5 Å². The van der Waals surface area contributed by atoms with Crippen LogP contribution in [0.5, 0.6) is 0 Å². The third-order valence-electron chi connectivity index (χ3n) is 6.94. The molecule has 0 radical (unpaired) electrons. The number of nitrogens with zero attached hydrogens (tertiary/aromatic N) is 4. The van der Waals surface area contributed by atoms with Gasteiger partial charge < -0.3 is 15.1 Å². The predicted octanol–water partition coefficient (Wildman–Crippen LogP) is 5.70. The van der Waals surface area contributed by atoms with Gasteiger partial charge in [0.15, 0.2) is 5.82 Å². The Labute approximate surface area is 207 Å². The first-order chi connectivity index (χ1) is 16.9. The van der Waals surface area contributed by atoms with Crippen molar-refractivity contribution in [1.82, 2.24) is 15.1 Å². The summed E-state index contributed by atoms with van der Waals surface area (Å²) >= 11 is 0. The van der Waals surface area contributed by atoms with E-state index in [-0.39, 0.29) is 12.1 Å². The zero-order valence-electron chi connectivity index (χ0n) is 20.8. The van der Waals surface area contributed by atoms with E-state index in [1.54, 1.807) is 30.0 Å². The number of anilines is 2. The molecule has 2 heterocycles. The summed E-state index contributed by atoms with van der Waals surface area (Å²) in [5.74, 6) is -2.38. The Morgan fingerprint density at radius 3 is 2.50 bits per heavy atom. The van der Waals surface area contributed by atoms with Gasteiger partial charge in [-0.25, -0.2) is 8.78 Å². The van der Waals surface area contributed by atoms with Crippen molar-refractivity contribution in [3.05, 3.63) is 58.8 Å². The lowest BCUT2D eigenvalue weighted by atomic mass is 9.98. The van der Waals surface area contributed by atoms with Crippen molar-refractivity contribution in [1.29, 1.82) is 0 Å². The maximum Gasteiger partial charge on any atom is 0.416 e. The summed E-state index contributed by atoms with van der Waals surface area (Å²) in [6.45, 7) is 3.75. The smallest absolute Gasteiger partial charge is 0.368 e. The minimum Gasteiger partial charge on any atom is -0.368 e. The van der Waals surface area contributed by atoms with Gasteiger partial charge in [0.1, 0.15) is 0 Å². The number of piperidine rings is 1. The highest BCUT2D eigenvalue weighted by Crippen LogP contribution is 2.36. The molecule has 2 aromatic carbocycles. The lowest BCUT2D eigenvalue weighted by Crippen LogP contribution is -2.56. The number of hydrogen-bond acceptors (Lipinski definition) is 5. The molecule has 0 saturated carbocycles. The van der Waals surface area contributed by atoms with Crippen LogP contribution in [-0.4, -0.2) is 60.8 Å². The number of aryl methyl sites for hydroxylation is 1. The number of benzene rings is 2. The van der Waals surface area contributed by atoms with Gasteiger partial charge in [-0.3, -0.25) is 0 Å². The fraction of sp³-hybridized carbons (Fsp3) is 0.462. The molecule has 0 aliphatic carbocycles.